The fraction of sp³-hybridized carbons (Fsp3) is 0.533. The van der Waals surface area contributed by atoms with E-state index in [9.17, 15) is 5.26 Å². The first-order valence-electron chi connectivity index (χ1n) is 6.24. The molecule has 18 heavy (non-hydrogen) atoms. The van der Waals surface area contributed by atoms with Crippen LogP contribution in [0, 0.1) is 16.7 Å². The fourth-order valence-corrected chi connectivity index (χ4v) is 2.15. The number of ether oxygens (including phenoxy) is 1. The number of hydrogen-bond acceptors (Lipinski definition) is 3. The number of hydrogen-bond donors (Lipinski definition) is 1. The Kier molecular flexibility index (Phi) is 3.18. The topological polar surface area (TPSA) is 59.0 Å². The second-order valence-corrected chi connectivity index (χ2v) is 6.11. The maximum absolute atomic E-state index is 9.24. The lowest BCUT2D eigenvalue weighted by Gasteiger charge is -2.40. The van der Waals surface area contributed by atoms with E-state index in [2.05, 4.69) is 39.0 Å². The van der Waals surface area contributed by atoms with Crippen molar-refractivity contribution in [3.05, 3.63) is 35.4 Å². The van der Waals surface area contributed by atoms with Crippen molar-refractivity contribution < 1.29 is 4.74 Å². The van der Waals surface area contributed by atoms with Crippen molar-refractivity contribution in [1.82, 2.24) is 0 Å². The van der Waals surface area contributed by atoms with Crippen LogP contribution in [0.3, 0.4) is 0 Å². The van der Waals surface area contributed by atoms with Gasteiger partial charge in [-0.05, 0) is 16.5 Å². The Balaban J connectivity index is 2.23. The van der Waals surface area contributed by atoms with E-state index in [1.807, 2.05) is 12.1 Å². The summed E-state index contributed by atoms with van der Waals surface area (Å²) >= 11 is 0. The van der Waals surface area contributed by atoms with Gasteiger partial charge in [-0.15, -0.1) is 0 Å². The van der Waals surface area contributed by atoms with Gasteiger partial charge in [0, 0.05) is 0 Å². The SMILES string of the molecule is CC(C)(C)c1ccc(C(N)C2(C#N)COC2)cc1. The lowest BCUT2D eigenvalue weighted by atomic mass is 9.76. The van der Waals surface area contributed by atoms with Crippen LogP contribution >= 0.6 is 0 Å². The van der Waals surface area contributed by atoms with E-state index >= 15 is 0 Å². The highest BCUT2D eigenvalue weighted by Gasteiger charge is 2.45. The van der Waals surface area contributed by atoms with Gasteiger partial charge in [-0.25, -0.2) is 0 Å². The van der Waals surface area contributed by atoms with Crippen molar-refractivity contribution in [2.24, 2.45) is 11.1 Å². The van der Waals surface area contributed by atoms with Crippen LogP contribution < -0.4 is 5.73 Å². The van der Waals surface area contributed by atoms with Gasteiger partial charge in [0.25, 0.3) is 0 Å². The Hall–Kier alpha value is -1.37. The minimum Gasteiger partial charge on any atom is -0.378 e. The summed E-state index contributed by atoms with van der Waals surface area (Å²) in [5.74, 6) is 0. The van der Waals surface area contributed by atoms with Gasteiger partial charge in [0.15, 0.2) is 0 Å². The first-order chi connectivity index (χ1) is 8.39. The van der Waals surface area contributed by atoms with Crippen LogP contribution in [0.1, 0.15) is 37.9 Å². The van der Waals surface area contributed by atoms with Crippen LogP contribution in [0.15, 0.2) is 24.3 Å². The molecule has 1 aliphatic rings. The monoisotopic (exact) mass is 244 g/mol. The molecule has 1 aromatic rings. The summed E-state index contributed by atoms with van der Waals surface area (Å²) < 4.78 is 5.15. The Morgan fingerprint density at radius 3 is 2.17 bits per heavy atom. The molecule has 3 heteroatoms. The Bertz CT molecular complexity index is 461. The van der Waals surface area contributed by atoms with Crippen molar-refractivity contribution in [3.63, 3.8) is 0 Å². The first kappa shape index (κ1) is 13.1. The van der Waals surface area contributed by atoms with Crippen LogP contribution in [-0.2, 0) is 10.2 Å². The number of nitriles is 1. The van der Waals surface area contributed by atoms with E-state index in [0.717, 1.165) is 5.56 Å². The molecule has 0 aliphatic carbocycles. The zero-order chi connectivity index (χ0) is 13.4. The first-order valence-corrected chi connectivity index (χ1v) is 6.24. The summed E-state index contributed by atoms with van der Waals surface area (Å²) in [6.07, 6.45) is 0. The Morgan fingerprint density at radius 2 is 1.83 bits per heavy atom. The lowest BCUT2D eigenvalue weighted by Crippen LogP contribution is -2.49. The van der Waals surface area contributed by atoms with Gasteiger partial charge in [0.2, 0.25) is 0 Å². The van der Waals surface area contributed by atoms with E-state index in [0.29, 0.717) is 13.2 Å². The molecule has 1 aliphatic heterocycles. The average Bonchev–Trinajstić information content (AvgIpc) is 2.27. The molecule has 0 radical (unpaired) electrons. The average molecular weight is 244 g/mol. The van der Waals surface area contributed by atoms with Crippen molar-refractivity contribution in [1.29, 1.82) is 5.26 Å². The molecule has 1 aromatic carbocycles. The highest BCUT2D eigenvalue weighted by molar-refractivity contribution is 5.32. The number of benzene rings is 1. The molecule has 3 nitrogen and oxygen atoms in total. The minimum atomic E-state index is -0.538. The third-order valence-electron chi connectivity index (χ3n) is 3.67. The van der Waals surface area contributed by atoms with Crippen molar-refractivity contribution >= 4 is 0 Å². The molecule has 1 heterocycles. The van der Waals surface area contributed by atoms with E-state index in [1.165, 1.54) is 5.56 Å². The maximum Gasteiger partial charge on any atom is 0.123 e. The molecule has 2 rings (SSSR count). The molecule has 1 saturated heterocycles. The predicted octanol–water partition coefficient (Wildman–Crippen LogP) is 2.52. The summed E-state index contributed by atoms with van der Waals surface area (Å²) in [5.41, 5.74) is 8.08. The summed E-state index contributed by atoms with van der Waals surface area (Å²) in [5, 5.41) is 9.24. The highest BCUT2D eigenvalue weighted by atomic mass is 16.5. The second kappa shape index (κ2) is 4.38. The highest BCUT2D eigenvalue weighted by Crippen LogP contribution is 2.38. The molecule has 0 spiro atoms. The summed E-state index contributed by atoms with van der Waals surface area (Å²) in [7, 11) is 0. The zero-order valence-corrected chi connectivity index (χ0v) is 11.2. The van der Waals surface area contributed by atoms with E-state index < -0.39 is 5.41 Å². The minimum absolute atomic E-state index is 0.134. The molecular weight excluding hydrogens is 224 g/mol. The number of rotatable bonds is 2. The van der Waals surface area contributed by atoms with E-state index in [4.69, 9.17) is 10.5 Å². The Labute approximate surface area is 109 Å². The van der Waals surface area contributed by atoms with Crippen LogP contribution in [0.2, 0.25) is 0 Å². The molecule has 1 fully saturated rings. The zero-order valence-electron chi connectivity index (χ0n) is 11.2. The summed E-state index contributed by atoms with van der Waals surface area (Å²) in [6, 6.07) is 10.3. The normalized spacial score (nSPS) is 19.7. The van der Waals surface area contributed by atoms with Gasteiger partial charge in [0.1, 0.15) is 5.41 Å². The molecule has 96 valence electrons. The van der Waals surface area contributed by atoms with Gasteiger partial charge in [0.05, 0.1) is 25.3 Å². The molecule has 1 atom stereocenters. The smallest absolute Gasteiger partial charge is 0.123 e. The Morgan fingerprint density at radius 1 is 1.28 bits per heavy atom. The molecule has 0 bridgehead atoms. The molecule has 2 N–H and O–H groups in total. The fourth-order valence-electron chi connectivity index (χ4n) is 2.15. The molecule has 1 unspecified atom stereocenters. The van der Waals surface area contributed by atoms with Crippen LogP contribution in [0.4, 0.5) is 0 Å². The van der Waals surface area contributed by atoms with Crippen LogP contribution in [0.25, 0.3) is 0 Å². The largest absolute Gasteiger partial charge is 0.378 e. The van der Waals surface area contributed by atoms with Crippen LogP contribution in [0.5, 0.6) is 0 Å². The van der Waals surface area contributed by atoms with Gasteiger partial charge in [-0.3, -0.25) is 0 Å². The third kappa shape index (κ3) is 2.14. The predicted molar refractivity (Wildman–Crippen MR) is 70.9 cm³/mol. The van der Waals surface area contributed by atoms with Gasteiger partial charge in [-0.1, -0.05) is 45.0 Å². The second-order valence-electron chi connectivity index (χ2n) is 6.11. The standard InChI is InChI=1S/C15H20N2O/c1-14(2,3)12-6-4-11(5-7-12)13(17)15(8-16)9-18-10-15/h4-7,13H,9-10,17H2,1-3H3. The van der Waals surface area contributed by atoms with Crippen molar-refractivity contribution in [2.45, 2.75) is 32.2 Å². The molecular formula is C15H20N2O. The van der Waals surface area contributed by atoms with Gasteiger partial charge < -0.3 is 10.5 Å². The maximum atomic E-state index is 9.24. The van der Waals surface area contributed by atoms with E-state index in [-0.39, 0.29) is 11.5 Å². The third-order valence-corrected chi connectivity index (χ3v) is 3.67. The number of nitrogens with zero attached hydrogens (tertiary/aromatic N) is 1. The van der Waals surface area contributed by atoms with E-state index in [1.54, 1.807) is 0 Å². The van der Waals surface area contributed by atoms with Gasteiger partial charge in [-0.2, -0.15) is 5.26 Å². The summed E-state index contributed by atoms with van der Waals surface area (Å²) in [6.45, 7) is 7.41. The molecule has 0 saturated carbocycles. The molecule has 0 aromatic heterocycles. The number of nitrogens with two attached hydrogens (primary N) is 1. The van der Waals surface area contributed by atoms with Crippen LogP contribution in [-0.4, -0.2) is 13.2 Å². The quantitative estimate of drug-likeness (QED) is 0.869. The summed E-state index contributed by atoms with van der Waals surface area (Å²) in [4.78, 5) is 0. The van der Waals surface area contributed by atoms with Crippen molar-refractivity contribution in [2.75, 3.05) is 13.2 Å². The van der Waals surface area contributed by atoms with Crippen molar-refractivity contribution in [3.8, 4) is 6.07 Å². The van der Waals surface area contributed by atoms with Gasteiger partial charge >= 0.3 is 0 Å². The molecule has 0 amide bonds. The lowest BCUT2D eigenvalue weighted by molar-refractivity contribution is -0.0910.